The predicted octanol–water partition coefficient (Wildman–Crippen LogP) is 3.76. The lowest BCUT2D eigenvalue weighted by atomic mass is 9.95. The maximum absolute atomic E-state index is 12.8. The summed E-state index contributed by atoms with van der Waals surface area (Å²) in [5.41, 5.74) is 1.90. The lowest BCUT2D eigenvalue weighted by Crippen LogP contribution is -2.16. The van der Waals surface area contributed by atoms with Gasteiger partial charge in [0.25, 0.3) is 11.6 Å². The van der Waals surface area contributed by atoms with Crippen LogP contribution in [-0.2, 0) is 17.6 Å². The molecule has 1 aromatic carbocycles. The Morgan fingerprint density at radius 3 is 2.83 bits per heavy atom. The number of esters is 1. The van der Waals surface area contributed by atoms with E-state index in [1.165, 1.54) is 41.3 Å². The minimum atomic E-state index is -0.493. The monoisotopic (exact) mass is 426 g/mol. The third kappa shape index (κ3) is 3.69. The van der Waals surface area contributed by atoms with Gasteiger partial charge in [-0.25, -0.2) is 9.48 Å². The van der Waals surface area contributed by atoms with E-state index in [0.717, 1.165) is 36.1 Å². The molecule has 0 saturated carbocycles. The molecule has 3 aromatic rings. The summed E-state index contributed by atoms with van der Waals surface area (Å²) in [6.07, 6.45) is 5.26. The van der Waals surface area contributed by atoms with E-state index in [2.05, 4.69) is 10.4 Å². The summed E-state index contributed by atoms with van der Waals surface area (Å²) in [5.74, 6) is -0.935. The van der Waals surface area contributed by atoms with Gasteiger partial charge < -0.3 is 10.1 Å². The highest BCUT2D eigenvalue weighted by atomic mass is 32.1. The average molecular weight is 426 g/mol. The summed E-state index contributed by atoms with van der Waals surface area (Å²) in [7, 11) is 1.32. The molecule has 0 bridgehead atoms. The highest BCUT2D eigenvalue weighted by molar-refractivity contribution is 7.17. The molecular formula is C20H18N4O5S. The van der Waals surface area contributed by atoms with Crippen LogP contribution in [0.1, 0.15) is 44.1 Å². The van der Waals surface area contributed by atoms with E-state index in [4.69, 9.17) is 4.74 Å². The summed E-state index contributed by atoms with van der Waals surface area (Å²) < 4.78 is 6.31. The molecule has 1 aliphatic carbocycles. The highest BCUT2D eigenvalue weighted by Crippen LogP contribution is 2.38. The van der Waals surface area contributed by atoms with Gasteiger partial charge in [-0.1, -0.05) is 6.07 Å². The number of fused-ring (bicyclic) bond motifs is 1. The van der Waals surface area contributed by atoms with Crippen molar-refractivity contribution in [3.05, 3.63) is 68.3 Å². The Labute approximate surface area is 175 Å². The van der Waals surface area contributed by atoms with Crippen molar-refractivity contribution < 1.29 is 19.2 Å². The minimum Gasteiger partial charge on any atom is -0.465 e. The number of nitro benzene ring substituents is 1. The third-order valence-corrected chi connectivity index (χ3v) is 6.12. The van der Waals surface area contributed by atoms with E-state index in [1.54, 1.807) is 18.3 Å². The van der Waals surface area contributed by atoms with Crippen molar-refractivity contribution in [3.8, 4) is 5.69 Å². The fraction of sp³-hybridized carbons (Fsp3) is 0.250. The Morgan fingerprint density at radius 1 is 1.27 bits per heavy atom. The van der Waals surface area contributed by atoms with Crippen LogP contribution in [0.15, 0.2) is 36.5 Å². The van der Waals surface area contributed by atoms with Gasteiger partial charge in [0, 0.05) is 23.2 Å². The minimum absolute atomic E-state index is 0.0686. The van der Waals surface area contributed by atoms with Crippen LogP contribution in [0.2, 0.25) is 0 Å². The van der Waals surface area contributed by atoms with Crippen molar-refractivity contribution in [3.63, 3.8) is 0 Å². The van der Waals surface area contributed by atoms with Gasteiger partial charge in [0.1, 0.15) is 5.00 Å². The topological polar surface area (TPSA) is 116 Å². The number of carbonyl (C=O) groups excluding carboxylic acids is 2. The molecule has 0 unspecified atom stereocenters. The van der Waals surface area contributed by atoms with Crippen LogP contribution in [0.4, 0.5) is 10.7 Å². The summed E-state index contributed by atoms with van der Waals surface area (Å²) in [6.45, 7) is 0. The number of carbonyl (C=O) groups is 2. The zero-order valence-electron chi connectivity index (χ0n) is 16.1. The largest absolute Gasteiger partial charge is 0.465 e. The van der Waals surface area contributed by atoms with Crippen LogP contribution in [0.5, 0.6) is 0 Å². The quantitative estimate of drug-likeness (QED) is 0.377. The molecule has 9 nitrogen and oxygen atoms in total. The molecule has 0 saturated heterocycles. The summed E-state index contributed by atoms with van der Waals surface area (Å²) >= 11 is 1.39. The van der Waals surface area contributed by atoms with Crippen LogP contribution in [0, 0.1) is 10.1 Å². The number of nitrogens with zero attached hydrogens (tertiary/aromatic N) is 3. The molecule has 1 N–H and O–H groups in total. The number of nitrogens with one attached hydrogen (secondary N) is 1. The number of nitro groups is 1. The number of ether oxygens (including phenoxy) is 1. The first-order chi connectivity index (χ1) is 14.5. The van der Waals surface area contributed by atoms with E-state index in [-0.39, 0.29) is 11.4 Å². The molecule has 1 aliphatic rings. The second-order valence-corrected chi connectivity index (χ2v) is 7.89. The Kier molecular flexibility index (Phi) is 5.32. The fourth-order valence-electron chi connectivity index (χ4n) is 3.48. The van der Waals surface area contributed by atoms with Gasteiger partial charge in [-0.15, -0.1) is 11.3 Å². The molecule has 1 amide bonds. The first-order valence-corrected chi connectivity index (χ1v) is 10.1. The van der Waals surface area contributed by atoms with E-state index in [1.807, 2.05) is 0 Å². The SMILES string of the molecule is COC(=O)c1c(NC(=O)c2ccn(-c3cccc([N+](=O)[O-])c3)n2)sc2c1CCCC2. The normalized spacial score (nSPS) is 12.8. The number of hydrogen-bond donors (Lipinski definition) is 1. The molecule has 30 heavy (non-hydrogen) atoms. The number of methoxy groups -OCH3 is 1. The molecule has 10 heteroatoms. The zero-order valence-corrected chi connectivity index (χ0v) is 16.9. The van der Waals surface area contributed by atoms with Crippen LogP contribution >= 0.6 is 11.3 Å². The van der Waals surface area contributed by atoms with Crippen molar-refractivity contribution >= 4 is 33.9 Å². The van der Waals surface area contributed by atoms with Gasteiger partial charge in [0.15, 0.2) is 5.69 Å². The van der Waals surface area contributed by atoms with E-state index < -0.39 is 16.8 Å². The van der Waals surface area contributed by atoms with Crippen LogP contribution in [-0.4, -0.2) is 33.7 Å². The van der Waals surface area contributed by atoms with Crippen molar-refractivity contribution in [1.82, 2.24) is 9.78 Å². The maximum Gasteiger partial charge on any atom is 0.341 e. The third-order valence-electron chi connectivity index (χ3n) is 4.91. The molecule has 4 rings (SSSR count). The summed E-state index contributed by atoms with van der Waals surface area (Å²) in [5, 5.41) is 18.4. The van der Waals surface area contributed by atoms with Crippen LogP contribution < -0.4 is 5.32 Å². The molecule has 0 atom stereocenters. The second kappa shape index (κ2) is 8.07. The van der Waals surface area contributed by atoms with Crippen molar-refractivity contribution in [2.75, 3.05) is 12.4 Å². The van der Waals surface area contributed by atoms with Gasteiger partial charge in [-0.3, -0.25) is 14.9 Å². The van der Waals surface area contributed by atoms with Gasteiger partial charge >= 0.3 is 5.97 Å². The number of anilines is 1. The molecule has 0 spiro atoms. The van der Waals surface area contributed by atoms with Crippen molar-refractivity contribution in [2.24, 2.45) is 0 Å². The first-order valence-electron chi connectivity index (χ1n) is 9.32. The number of aryl methyl sites for hydroxylation is 1. The molecule has 0 radical (unpaired) electrons. The van der Waals surface area contributed by atoms with Gasteiger partial charge in [0.05, 0.1) is 23.3 Å². The Balaban J connectivity index is 1.60. The molecule has 0 fully saturated rings. The number of non-ortho nitro benzene ring substituents is 1. The molecule has 154 valence electrons. The van der Waals surface area contributed by atoms with Gasteiger partial charge in [-0.05, 0) is 43.4 Å². The van der Waals surface area contributed by atoms with Crippen molar-refractivity contribution in [2.45, 2.75) is 25.7 Å². The maximum atomic E-state index is 12.8. The summed E-state index contributed by atoms with van der Waals surface area (Å²) in [6, 6.07) is 7.47. The number of benzene rings is 1. The lowest BCUT2D eigenvalue weighted by molar-refractivity contribution is -0.384. The van der Waals surface area contributed by atoms with E-state index in [9.17, 15) is 19.7 Å². The molecule has 0 aliphatic heterocycles. The zero-order chi connectivity index (χ0) is 21.3. The van der Waals surface area contributed by atoms with Crippen LogP contribution in [0.25, 0.3) is 5.69 Å². The second-order valence-electron chi connectivity index (χ2n) is 6.78. The highest BCUT2D eigenvalue weighted by Gasteiger charge is 2.27. The number of rotatable bonds is 5. The smallest absolute Gasteiger partial charge is 0.341 e. The number of amides is 1. The van der Waals surface area contributed by atoms with Gasteiger partial charge in [-0.2, -0.15) is 5.10 Å². The molecular weight excluding hydrogens is 408 g/mol. The van der Waals surface area contributed by atoms with E-state index >= 15 is 0 Å². The van der Waals surface area contributed by atoms with E-state index in [0.29, 0.717) is 16.3 Å². The van der Waals surface area contributed by atoms with Crippen molar-refractivity contribution in [1.29, 1.82) is 0 Å². The standard InChI is InChI=1S/C20H18N4O5S/c1-29-20(26)17-14-7-2-3-8-16(14)30-19(17)21-18(25)15-9-10-23(22-15)12-5-4-6-13(11-12)24(27)28/h4-6,9-11H,2-3,7-8H2,1H3,(H,21,25). The Bertz CT molecular complexity index is 1150. The summed E-state index contributed by atoms with van der Waals surface area (Å²) in [4.78, 5) is 36.7. The average Bonchev–Trinajstić information content (AvgIpc) is 3.38. The number of aromatic nitrogens is 2. The van der Waals surface area contributed by atoms with Gasteiger partial charge in [0.2, 0.25) is 0 Å². The lowest BCUT2D eigenvalue weighted by Gasteiger charge is -2.11. The molecule has 2 aromatic heterocycles. The first kappa shape index (κ1) is 19.8. The predicted molar refractivity (Wildman–Crippen MR) is 110 cm³/mol. The fourth-order valence-corrected chi connectivity index (χ4v) is 4.75. The van der Waals surface area contributed by atoms with Crippen LogP contribution in [0.3, 0.4) is 0 Å². The number of thiophene rings is 1. The molecule has 2 heterocycles. The Hall–Kier alpha value is -3.53. The Morgan fingerprint density at radius 2 is 2.07 bits per heavy atom. The number of hydrogen-bond acceptors (Lipinski definition) is 7.